The SMILES string of the molecule is CCNC(Cc1c(C)nn(C)c1Cl)c1ccc(C)nc1C. The summed E-state index contributed by atoms with van der Waals surface area (Å²) in [6.45, 7) is 9.09. The predicted octanol–water partition coefficient (Wildman–Crippen LogP) is 3.29. The number of rotatable bonds is 5. The molecular weight excluding hydrogens is 284 g/mol. The summed E-state index contributed by atoms with van der Waals surface area (Å²) >= 11 is 6.37. The van der Waals surface area contributed by atoms with Crippen LogP contribution in [0.25, 0.3) is 0 Å². The summed E-state index contributed by atoms with van der Waals surface area (Å²) in [6.07, 6.45) is 0.817. The van der Waals surface area contributed by atoms with Gasteiger partial charge in [-0.1, -0.05) is 24.6 Å². The maximum Gasteiger partial charge on any atom is 0.130 e. The van der Waals surface area contributed by atoms with E-state index < -0.39 is 0 Å². The zero-order valence-electron chi connectivity index (χ0n) is 13.4. The van der Waals surface area contributed by atoms with Crippen molar-refractivity contribution in [1.29, 1.82) is 0 Å². The number of pyridine rings is 1. The lowest BCUT2D eigenvalue weighted by molar-refractivity contribution is 0.543. The molecule has 0 aromatic carbocycles. The van der Waals surface area contributed by atoms with Gasteiger partial charge in [0.2, 0.25) is 0 Å². The number of halogens is 1. The number of aryl methyl sites for hydroxylation is 4. The molecule has 1 N–H and O–H groups in total. The molecule has 114 valence electrons. The Balaban J connectivity index is 2.35. The second-order valence-electron chi connectivity index (χ2n) is 5.42. The number of likely N-dealkylation sites (N-methyl/N-ethyl adjacent to an activating group) is 1. The number of nitrogens with one attached hydrogen (secondary N) is 1. The first-order valence-corrected chi connectivity index (χ1v) is 7.67. The molecule has 0 aliphatic carbocycles. The van der Waals surface area contributed by atoms with Crippen LogP contribution in [0.5, 0.6) is 0 Å². The lowest BCUT2D eigenvalue weighted by atomic mass is 9.98. The second-order valence-corrected chi connectivity index (χ2v) is 5.78. The van der Waals surface area contributed by atoms with Gasteiger partial charge < -0.3 is 5.32 Å². The van der Waals surface area contributed by atoms with Gasteiger partial charge in [-0.25, -0.2) is 0 Å². The highest BCUT2D eigenvalue weighted by atomic mass is 35.5. The van der Waals surface area contributed by atoms with E-state index in [2.05, 4.69) is 41.4 Å². The van der Waals surface area contributed by atoms with Crippen molar-refractivity contribution in [3.05, 3.63) is 45.5 Å². The van der Waals surface area contributed by atoms with Gasteiger partial charge in [0.25, 0.3) is 0 Å². The maximum atomic E-state index is 6.37. The quantitative estimate of drug-likeness (QED) is 0.922. The molecule has 0 amide bonds. The molecular formula is C16H23ClN4. The van der Waals surface area contributed by atoms with Gasteiger partial charge >= 0.3 is 0 Å². The Morgan fingerprint density at radius 2 is 1.95 bits per heavy atom. The van der Waals surface area contributed by atoms with E-state index in [0.29, 0.717) is 5.15 Å². The van der Waals surface area contributed by atoms with E-state index in [1.807, 2.05) is 20.9 Å². The zero-order chi connectivity index (χ0) is 15.6. The molecule has 0 saturated carbocycles. The monoisotopic (exact) mass is 306 g/mol. The second kappa shape index (κ2) is 6.58. The van der Waals surface area contributed by atoms with E-state index in [0.717, 1.165) is 35.6 Å². The molecule has 4 nitrogen and oxygen atoms in total. The summed E-state index contributed by atoms with van der Waals surface area (Å²) in [5.41, 5.74) is 5.43. The number of nitrogens with zero attached hydrogens (tertiary/aromatic N) is 3. The van der Waals surface area contributed by atoms with Gasteiger partial charge in [0, 0.05) is 30.0 Å². The van der Waals surface area contributed by atoms with Crippen molar-refractivity contribution in [2.24, 2.45) is 7.05 Å². The van der Waals surface area contributed by atoms with E-state index in [1.54, 1.807) is 4.68 Å². The molecule has 0 bridgehead atoms. The summed E-state index contributed by atoms with van der Waals surface area (Å²) in [4.78, 5) is 4.57. The topological polar surface area (TPSA) is 42.7 Å². The van der Waals surface area contributed by atoms with Crippen LogP contribution in [0.3, 0.4) is 0 Å². The smallest absolute Gasteiger partial charge is 0.130 e. The van der Waals surface area contributed by atoms with Gasteiger partial charge in [0.15, 0.2) is 0 Å². The van der Waals surface area contributed by atoms with Gasteiger partial charge in [-0.3, -0.25) is 9.67 Å². The molecule has 2 aromatic rings. The van der Waals surface area contributed by atoms with Crippen molar-refractivity contribution >= 4 is 11.6 Å². The Bertz CT molecular complexity index is 633. The van der Waals surface area contributed by atoms with Crippen LogP contribution in [0, 0.1) is 20.8 Å². The lowest BCUT2D eigenvalue weighted by Crippen LogP contribution is -2.24. The maximum absolute atomic E-state index is 6.37. The van der Waals surface area contributed by atoms with Gasteiger partial charge in [-0.2, -0.15) is 5.10 Å². The first-order chi connectivity index (χ1) is 9.93. The highest BCUT2D eigenvalue weighted by Gasteiger charge is 2.19. The Morgan fingerprint density at radius 1 is 1.24 bits per heavy atom. The van der Waals surface area contributed by atoms with Crippen molar-refractivity contribution in [3.63, 3.8) is 0 Å². The highest BCUT2D eigenvalue weighted by Crippen LogP contribution is 2.27. The first-order valence-electron chi connectivity index (χ1n) is 7.29. The summed E-state index contributed by atoms with van der Waals surface area (Å²) in [5, 5.41) is 8.65. The minimum atomic E-state index is 0.198. The number of hydrogen-bond donors (Lipinski definition) is 1. The largest absolute Gasteiger partial charge is 0.310 e. The zero-order valence-corrected chi connectivity index (χ0v) is 14.1. The number of aromatic nitrogens is 3. The van der Waals surface area contributed by atoms with E-state index >= 15 is 0 Å². The van der Waals surface area contributed by atoms with Crippen LogP contribution in [0.4, 0.5) is 0 Å². The van der Waals surface area contributed by atoms with E-state index in [9.17, 15) is 0 Å². The normalized spacial score (nSPS) is 12.7. The molecule has 0 saturated heterocycles. The Labute approximate surface area is 131 Å². The third-order valence-corrected chi connectivity index (χ3v) is 4.24. The molecule has 0 radical (unpaired) electrons. The van der Waals surface area contributed by atoms with Crippen LogP contribution in [0.2, 0.25) is 5.15 Å². The van der Waals surface area contributed by atoms with Crippen molar-refractivity contribution in [2.45, 2.75) is 40.2 Å². The summed E-state index contributed by atoms with van der Waals surface area (Å²) < 4.78 is 1.73. The minimum Gasteiger partial charge on any atom is -0.310 e. The molecule has 5 heteroatoms. The molecule has 0 fully saturated rings. The molecule has 2 aromatic heterocycles. The lowest BCUT2D eigenvalue weighted by Gasteiger charge is -2.20. The standard InChI is InChI=1S/C16H23ClN4/c1-6-18-15(13-8-7-10(2)19-11(13)3)9-14-12(4)20-21(5)16(14)17/h7-8,15,18H,6,9H2,1-5H3. The fourth-order valence-corrected chi connectivity index (χ4v) is 2.97. The van der Waals surface area contributed by atoms with Crippen molar-refractivity contribution in [3.8, 4) is 0 Å². The minimum absolute atomic E-state index is 0.198. The van der Waals surface area contributed by atoms with Crippen LogP contribution < -0.4 is 5.32 Å². The van der Waals surface area contributed by atoms with Crippen LogP contribution in [-0.2, 0) is 13.5 Å². The van der Waals surface area contributed by atoms with Crippen molar-refractivity contribution < 1.29 is 0 Å². The Morgan fingerprint density at radius 3 is 2.48 bits per heavy atom. The van der Waals surface area contributed by atoms with Crippen molar-refractivity contribution in [1.82, 2.24) is 20.1 Å². The number of hydrogen-bond acceptors (Lipinski definition) is 3. The molecule has 21 heavy (non-hydrogen) atoms. The molecule has 0 aliphatic heterocycles. The van der Waals surface area contributed by atoms with E-state index in [4.69, 9.17) is 11.6 Å². The third kappa shape index (κ3) is 3.44. The molecule has 2 heterocycles. The van der Waals surface area contributed by atoms with Crippen molar-refractivity contribution in [2.75, 3.05) is 6.54 Å². The molecule has 2 rings (SSSR count). The van der Waals surface area contributed by atoms with Gasteiger partial charge in [-0.05, 0) is 45.4 Å². The average molecular weight is 307 g/mol. The van der Waals surface area contributed by atoms with Crippen LogP contribution in [0.15, 0.2) is 12.1 Å². The van der Waals surface area contributed by atoms with Crippen LogP contribution in [-0.4, -0.2) is 21.3 Å². The Kier molecular flexibility index (Phi) is 5.01. The van der Waals surface area contributed by atoms with Gasteiger partial charge in [-0.15, -0.1) is 0 Å². The van der Waals surface area contributed by atoms with E-state index in [-0.39, 0.29) is 6.04 Å². The Hall–Kier alpha value is -1.39. The van der Waals surface area contributed by atoms with Gasteiger partial charge in [0.1, 0.15) is 5.15 Å². The molecule has 1 atom stereocenters. The van der Waals surface area contributed by atoms with Gasteiger partial charge in [0.05, 0.1) is 5.69 Å². The third-order valence-electron chi connectivity index (χ3n) is 3.77. The molecule has 0 aliphatic rings. The summed E-state index contributed by atoms with van der Waals surface area (Å²) in [7, 11) is 1.87. The van der Waals surface area contributed by atoms with Crippen LogP contribution >= 0.6 is 11.6 Å². The summed E-state index contributed by atoms with van der Waals surface area (Å²) in [6, 6.07) is 4.41. The van der Waals surface area contributed by atoms with E-state index in [1.165, 1.54) is 5.56 Å². The highest BCUT2D eigenvalue weighted by molar-refractivity contribution is 6.30. The summed E-state index contributed by atoms with van der Waals surface area (Å²) in [5.74, 6) is 0. The predicted molar refractivity (Wildman–Crippen MR) is 86.8 cm³/mol. The average Bonchev–Trinajstić information content (AvgIpc) is 2.65. The van der Waals surface area contributed by atoms with Crippen LogP contribution in [0.1, 0.15) is 41.2 Å². The molecule has 0 spiro atoms. The first kappa shape index (κ1) is 16.0. The molecule has 1 unspecified atom stereocenters. The fourth-order valence-electron chi connectivity index (χ4n) is 2.71. The fraction of sp³-hybridized carbons (Fsp3) is 0.500.